The molecule has 9 rings (SSSR count). The van der Waals surface area contributed by atoms with Crippen molar-refractivity contribution in [3.63, 3.8) is 0 Å². The normalized spacial score (nSPS) is 11.5. The van der Waals surface area contributed by atoms with Crippen molar-refractivity contribution in [3.05, 3.63) is 164 Å². The van der Waals surface area contributed by atoms with Crippen molar-refractivity contribution in [1.29, 1.82) is 0 Å². The van der Waals surface area contributed by atoms with Gasteiger partial charge < -0.3 is 0 Å². The summed E-state index contributed by atoms with van der Waals surface area (Å²) in [5.41, 5.74) is 9.40. The molecule has 6 aromatic carbocycles. The van der Waals surface area contributed by atoms with E-state index in [4.69, 9.17) is 9.97 Å². The van der Waals surface area contributed by atoms with Gasteiger partial charge in [-0.3, -0.25) is 9.97 Å². The lowest BCUT2D eigenvalue weighted by atomic mass is 9.89. The molecule has 214 valence electrons. The minimum atomic E-state index is 0.922. The molecule has 0 saturated heterocycles. The Kier molecular flexibility index (Phi) is 6.14. The molecule has 3 heteroatoms. The third-order valence-electron chi connectivity index (χ3n) is 8.94. The summed E-state index contributed by atoms with van der Waals surface area (Å²) in [5.74, 6) is 0. The van der Waals surface area contributed by atoms with Crippen LogP contribution in [0.3, 0.4) is 0 Å². The van der Waals surface area contributed by atoms with Crippen LogP contribution in [0.25, 0.3) is 88.1 Å². The zero-order valence-corrected chi connectivity index (χ0v) is 24.9. The first kappa shape index (κ1) is 26.2. The van der Waals surface area contributed by atoms with E-state index in [1.807, 2.05) is 30.6 Å². The second kappa shape index (κ2) is 10.8. The number of nitrogens with zero attached hydrogens (tertiary/aromatic N) is 3. The summed E-state index contributed by atoms with van der Waals surface area (Å²) in [6.07, 6.45) is 3.70. The zero-order chi connectivity index (χ0) is 30.5. The molecule has 0 atom stereocenters. The van der Waals surface area contributed by atoms with Gasteiger partial charge >= 0.3 is 0 Å². The molecule has 3 heterocycles. The highest BCUT2D eigenvalue weighted by atomic mass is 14.7. The molecule has 0 amide bonds. The number of hydrogen-bond acceptors (Lipinski definition) is 3. The van der Waals surface area contributed by atoms with Gasteiger partial charge in [0.05, 0.1) is 22.6 Å². The van der Waals surface area contributed by atoms with Gasteiger partial charge in [0.2, 0.25) is 0 Å². The van der Waals surface area contributed by atoms with E-state index in [1.54, 1.807) is 0 Å². The van der Waals surface area contributed by atoms with Gasteiger partial charge in [0.25, 0.3) is 0 Å². The Hall–Kier alpha value is -6.19. The molecule has 46 heavy (non-hydrogen) atoms. The largest absolute Gasteiger partial charge is 0.256 e. The summed E-state index contributed by atoms with van der Waals surface area (Å²) in [4.78, 5) is 14.5. The molecule has 0 fully saturated rings. The van der Waals surface area contributed by atoms with Gasteiger partial charge in [0, 0.05) is 45.2 Å². The highest BCUT2D eigenvalue weighted by molar-refractivity contribution is 6.25. The van der Waals surface area contributed by atoms with Crippen LogP contribution in [-0.4, -0.2) is 15.0 Å². The van der Waals surface area contributed by atoms with Crippen LogP contribution in [0, 0.1) is 0 Å². The van der Waals surface area contributed by atoms with Crippen LogP contribution in [-0.2, 0) is 0 Å². The van der Waals surface area contributed by atoms with Crippen LogP contribution in [0.2, 0.25) is 0 Å². The highest BCUT2D eigenvalue weighted by Gasteiger charge is 2.17. The number of para-hydroxylation sites is 1. The Bertz CT molecular complexity index is 2550. The second-order valence-corrected chi connectivity index (χ2v) is 11.7. The molecule has 0 aliphatic rings. The maximum absolute atomic E-state index is 5.29. The fraction of sp³-hybridized carbons (Fsp3) is 0. The molecule has 0 radical (unpaired) electrons. The Labute approximate surface area is 266 Å². The molecule has 0 bridgehead atoms. The maximum Gasteiger partial charge on any atom is 0.0788 e. The molecular formula is C43H27N3. The van der Waals surface area contributed by atoms with Crippen molar-refractivity contribution in [2.24, 2.45) is 0 Å². The number of pyridine rings is 3. The number of benzene rings is 6. The van der Waals surface area contributed by atoms with E-state index in [0.717, 1.165) is 50.2 Å². The third-order valence-corrected chi connectivity index (χ3v) is 8.94. The Morgan fingerprint density at radius 1 is 0.391 bits per heavy atom. The molecule has 0 aliphatic carbocycles. The lowest BCUT2D eigenvalue weighted by molar-refractivity contribution is 1.28. The van der Waals surface area contributed by atoms with Gasteiger partial charge in [-0.15, -0.1) is 0 Å². The van der Waals surface area contributed by atoms with E-state index >= 15 is 0 Å². The van der Waals surface area contributed by atoms with Crippen LogP contribution in [0.1, 0.15) is 0 Å². The van der Waals surface area contributed by atoms with Crippen molar-refractivity contribution >= 4 is 43.2 Å². The van der Waals surface area contributed by atoms with Gasteiger partial charge in [-0.2, -0.15) is 0 Å². The van der Waals surface area contributed by atoms with Crippen molar-refractivity contribution in [1.82, 2.24) is 15.0 Å². The van der Waals surface area contributed by atoms with Crippen LogP contribution in [0.4, 0.5) is 0 Å². The predicted octanol–water partition coefficient (Wildman–Crippen LogP) is 11.2. The Morgan fingerprint density at radius 2 is 1.07 bits per heavy atom. The minimum absolute atomic E-state index is 0.922. The minimum Gasteiger partial charge on any atom is -0.256 e. The van der Waals surface area contributed by atoms with Crippen molar-refractivity contribution in [2.45, 2.75) is 0 Å². The fourth-order valence-electron chi connectivity index (χ4n) is 6.68. The topological polar surface area (TPSA) is 38.7 Å². The van der Waals surface area contributed by atoms with Crippen LogP contribution in [0.5, 0.6) is 0 Å². The predicted molar refractivity (Wildman–Crippen MR) is 192 cm³/mol. The van der Waals surface area contributed by atoms with E-state index in [0.29, 0.717) is 0 Å². The lowest BCUT2D eigenvalue weighted by Gasteiger charge is -2.16. The average Bonchev–Trinajstić information content (AvgIpc) is 3.14. The summed E-state index contributed by atoms with van der Waals surface area (Å²) in [6, 6.07) is 53.6. The first-order chi connectivity index (χ1) is 22.8. The summed E-state index contributed by atoms with van der Waals surface area (Å²) in [7, 11) is 0. The van der Waals surface area contributed by atoms with E-state index in [2.05, 4.69) is 138 Å². The smallest absolute Gasteiger partial charge is 0.0788 e. The van der Waals surface area contributed by atoms with Gasteiger partial charge in [0.15, 0.2) is 0 Å². The van der Waals surface area contributed by atoms with Gasteiger partial charge in [0.1, 0.15) is 0 Å². The second-order valence-electron chi connectivity index (χ2n) is 11.7. The number of hydrogen-bond donors (Lipinski definition) is 0. The molecule has 3 nitrogen and oxygen atoms in total. The Morgan fingerprint density at radius 3 is 1.87 bits per heavy atom. The van der Waals surface area contributed by atoms with Crippen LogP contribution in [0.15, 0.2) is 164 Å². The van der Waals surface area contributed by atoms with Crippen LogP contribution < -0.4 is 0 Å². The van der Waals surface area contributed by atoms with Gasteiger partial charge in [-0.25, -0.2) is 4.98 Å². The third kappa shape index (κ3) is 4.41. The average molecular weight is 586 g/mol. The number of rotatable bonds is 4. The summed E-state index contributed by atoms with van der Waals surface area (Å²) in [6.45, 7) is 0. The summed E-state index contributed by atoms with van der Waals surface area (Å²) in [5, 5.41) is 8.44. The highest BCUT2D eigenvalue weighted by Crippen LogP contribution is 2.42. The number of fused-ring (bicyclic) bond motifs is 6. The zero-order valence-electron chi connectivity index (χ0n) is 24.9. The van der Waals surface area contributed by atoms with Crippen LogP contribution >= 0.6 is 0 Å². The van der Waals surface area contributed by atoms with E-state index in [-0.39, 0.29) is 0 Å². The molecular weight excluding hydrogens is 558 g/mol. The molecule has 0 aliphatic heterocycles. The van der Waals surface area contributed by atoms with E-state index in [9.17, 15) is 0 Å². The van der Waals surface area contributed by atoms with E-state index < -0.39 is 0 Å². The quantitative estimate of drug-likeness (QED) is 0.193. The maximum atomic E-state index is 5.29. The fourth-order valence-corrected chi connectivity index (χ4v) is 6.68. The molecule has 9 aromatic rings. The van der Waals surface area contributed by atoms with E-state index in [1.165, 1.54) is 37.9 Å². The SMILES string of the molecule is c1ccc(-c2ccc(-c3ccc(-c4cc5c(-c6ccc7ccccc7c6)nc6ccccc6c5c5ccccc45)cc3)nc2)nc1. The van der Waals surface area contributed by atoms with Crippen molar-refractivity contribution in [3.8, 4) is 44.9 Å². The molecule has 0 spiro atoms. The van der Waals surface area contributed by atoms with Gasteiger partial charge in [-0.1, -0.05) is 109 Å². The molecule has 0 unspecified atom stereocenters. The first-order valence-electron chi connectivity index (χ1n) is 15.5. The molecule has 0 saturated carbocycles. The monoisotopic (exact) mass is 585 g/mol. The lowest BCUT2D eigenvalue weighted by Crippen LogP contribution is -1.93. The van der Waals surface area contributed by atoms with Crippen molar-refractivity contribution < 1.29 is 0 Å². The first-order valence-corrected chi connectivity index (χ1v) is 15.5. The molecule has 0 N–H and O–H groups in total. The standard InChI is InChI=1S/C43H27N3/c1-2-10-31-25-32(21-16-28(31)9-1)43-38-26-37(34-11-3-4-12-35(34)42(38)36-13-5-6-15-41(36)46-43)29-17-19-30(20-18-29)40-23-22-33(27-45-40)39-14-7-8-24-44-39/h1-27H. The number of aromatic nitrogens is 3. The summed E-state index contributed by atoms with van der Waals surface area (Å²) < 4.78 is 0. The Balaban J connectivity index is 1.22. The summed E-state index contributed by atoms with van der Waals surface area (Å²) >= 11 is 0. The van der Waals surface area contributed by atoms with Gasteiger partial charge in [-0.05, 0) is 75.1 Å². The van der Waals surface area contributed by atoms with Crippen molar-refractivity contribution in [2.75, 3.05) is 0 Å². The molecule has 3 aromatic heterocycles.